The zero-order valence-corrected chi connectivity index (χ0v) is 14.2. The molecule has 0 aromatic rings. The highest BCUT2D eigenvalue weighted by atomic mass is 35.5. The predicted octanol–water partition coefficient (Wildman–Crippen LogP) is 5.65. The summed E-state index contributed by atoms with van der Waals surface area (Å²) in [6, 6.07) is 0. The molecule has 0 bridgehead atoms. The molecular formula is C17H33ClO. The van der Waals surface area contributed by atoms with Gasteiger partial charge >= 0.3 is 0 Å². The maximum absolute atomic E-state index is 6.28. The van der Waals surface area contributed by atoms with Crippen molar-refractivity contribution in [3.63, 3.8) is 0 Å². The van der Waals surface area contributed by atoms with Crippen LogP contribution in [0.2, 0.25) is 0 Å². The summed E-state index contributed by atoms with van der Waals surface area (Å²) in [5, 5.41) is 0. The Hall–Kier alpha value is 0.250. The van der Waals surface area contributed by atoms with Crippen LogP contribution in [0.25, 0.3) is 0 Å². The van der Waals surface area contributed by atoms with E-state index in [1.807, 2.05) is 0 Å². The number of alkyl halides is 1. The summed E-state index contributed by atoms with van der Waals surface area (Å²) in [6.07, 6.45) is 8.80. The van der Waals surface area contributed by atoms with Crippen LogP contribution in [0.15, 0.2) is 0 Å². The van der Waals surface area contributed by atoms with Crippen molar-refractivity contribution in [1.82, 2.24) is 0 Å². The number of hydrogen-bond donors (Lipinski definition) is 0. The normalized spacial score (nSPS) is 28.6. The SMILES string of the molecule is CCCCOCCC1(CCl)CCC(C(C)(C)C)CC1. The first-order chi connectivity index (χ1) is 8.93. The van der Waals surface area contributed by atoms with Crippen LogP contribution in [-0.2, 0) is 4.74 Å². The van der Waals surface area contributed by atoms with Crippen LogP contribution in [-0.4, -0.2) is 19.1 Å². The Morgan fingerprint density at radius 2 is 1.79 bits per heavy atom. The van der Waals surface area contributed by atoms with E-state index in [0.29, 0.717) is 10.8 Å². The van der Waals surface area contributed by atoms with Crippen molar-refractivity contribution in [1.29, 1.82) is 0 Å². The summed E-state index contributed by atoms with van der Waals surface area (Å²) in [5.41, 5.74) is 0.811. The van der Waals surface area contributed by atoms with Crippen LogP contribution in [0.1, 0.15) is 72.6 Å². The quantitative estimate of drug-likeness (QED) is 0.434. The molecule has 0 aromatic carbocycles. The lowest BCUT2D eigenvalue weighted by molar-refractivity contribution is 0.0539. The molecule has 19 heavy (non-hydrogen) atoms. The first kappa shape index (κ1) is 17.3. The average molecular weight is 289 g/mol. The number of ether oxygens (including phenoxy) is 1. The standard InChI is InChI=1S/C17H33ClO/c1-5-6-12-19-13-11-17(14-18)9-7-15(8-10-17)16(2,3)4/h15H,5-14H2,1-4H3. The minimum atomic E-state index is 0.357. The molecule has 0 radical (unpaired) electrons. The topological polar surface area (TPSA) is 9.23 Å². The minimum Gasteiger partial charge on any atom is -0.381 e. The van der Waals surface area contributed by atoms with Gasteiger partial charge in [-0.15, -0.1) is 11.6 Å². The van der Waals surface area contributed by atoms with Gasteiger partial charge in [0.25, 0.3) is 0 Å². The third-order valence-corrected chi connectivity index (χ3v) is 5.54. The van der Waals surface area contributed by atoms with E-state index in [0.717, 1.165) is 31.4 Å². The van der Waals surface area contributed by atoms with Gasteiger partial charge in [-0.25, -0.2) is 0 Å². The highest BCUT2D eigenvalue weighted by Crippen LogP contribution is 2.47. The van der Waals surface area contributed by atoms with E-state index >= 15 is 0 Å². The first-order valence-corrected chi connectivity index (χ1v) is 8.61. The molecule has 2 heteroatoms. The maximum Gasteiger partial charge on any atom is 0.0471 e. The van der Waals surface area contributed by atoms with Gasteiger partial charge in [0.2, 0.25) is 0 Å². The van der Waals surface area contributed by atoms with Crippen molar-refractivity contribution in [3.05, 3.63) is 0 Å². The molecular weight excluding hydrogens is 256 g/mol. The second kappa shape index (κ2) is 7.88. The molecule has 1 nitrogen and oxygen atoms in total. The maximum atomic E-state index is 6.28. The van der Waals surface area contributed by atoms with Crippen molar-refractivity contribution in [2.24, 2.45) is 16.7 Å². The highest BCUT2D eigenvalue weighted by molar-refractivity contribution is 6.18. The summed E-state index contributed by atoms with van der Waals surface area (Å²) >= 11 is 6.28. The van der Waals surface area contributed by atoms with Crippen molar-refractivity contribution in [2.45, 2.75) is 72.6 Å². The van der Waals surface area contributed by atoms with Crippen molar-refractivity contribution in [3.8, 4) is 0 Å². The van der Waals surface area contributed by atoms with Crippen LogP contribution in [0.5, 0.6) is 0 Å². The van der Waals surface area contributed by atoms with Gasteiger partial charge in [-0.05, 0) is 55.3 Å². The largest absolute Gasteiger partial charge is 0.381 e. The fourth-order valence-corrected chi connectivity index (χ4v) is 3.58. The van der Waals surface area contributed by atoms with Gasteiger partial charge < -0.3 is 4.74 Å². The Morgan fingerprint density at radius 3 is 2.26 bits per heavy atom. The third kappa shape index (κ3) is 5.63. The van der Waals surface area contributed by atoms with Crippen LogP contribution >= 0.6 is 11.6 Å². The Labute approximate surface area is 125 Å². The molecule has 0 saturated heterocycles. The number of unbranched alkanes of at least 4 members (excludes halogenated alkanes) is 1. The van der Waals surface area contributed by atoms with E-state index in [9.17, 15) is 0 Å². The second-order valence-corrected chi connectivity index (χ2v) is 7.76. The van der Waals surface area contributed by atoms with E-state index in [2.05, 4.69) is 27.7 Å². The van der Waals surface area contributed by atoms with Gasteiger partial charge in [-0.2, -0.15) is 0 Å². The van der Waals surface area contributed by atoms with Gasteiger partial charge in [0.1, 0.15) is 0 Å². The molecule has 0 aromatic heterocycles. The molecule has 1 aliphatic carbocycles. The lowest BCUT2D eigenvalue weighted by Crippen LogP contribution is -2.34. The van der Waals surface area contributed by atoms with Gasteiger partial charge in [0.15, 0.2) is 0 Å². The fraction of sp³-hybridized carbons (Fsp3) is 1.00. The van der Waals surface area contributed by atoms with Crippen LogP contribution in [0.3, 0.4) is 0 Å². The van der Waals surface area contributed by atoms with Gasteiger partial charge in [-0.1, -0.05) is 34.1 Å². The monoisotopic (exact) mass is 288 g/mol. The van der Waals surface area contributed by atoms with E-state index < -0.39 is 0 Å². The van der Waals surface area contributed by atoms with Gasteiger partial charge in [0, 0.05) is 19.1 Å². The molecule has 0 unspecified atom stereocenters. The lowest BCUT2D eigenvalue weighted by atomic mass is 9.64. The Bertz CT molecular complexity index is 236. The lowest BCUT2D eigenvalue weighted by Gasteiger charge is -2.43. The van der Waals surface area contributed by atoms with Crippen LogP contribution in [0.4, 0.5) is 0 Å². The zero-order valence-electron chi connectivity index (χ0n) is 13.4. The Morgan fingerprint density at radius 1 is 1.16 bits per heavy atom. The molecule has 0 spiro atoms. The van der Waals surface area contributed by atoms with Crippen LogP contribution < -0.4 is 0 Å². The number of halogens is 1. The smallest absolute Gasteiger partial charge is 0.0471 e. The molecule has 1 rings (SSSR count). The van der Waals surface area contributed by atoms with Gasteiger partial charge in [-0.3, -0.25) is 0 Å². The van der Waals surface area contributed by atoms with Crippen LogP contribution in [0, 0.1) is 16.7 Å². The predicted molar refractivity (Wildman–Crippen MR) is 84.9 cm³/mol. The Kier molecular flexibility index (Phi) is 7.18. The summed E-state index contributed by atoms with van der Waals surface area (Å²) in [7, 11) is 0. The summed E-state index contributed by atoms with van der Waals surface area (Å²) in [5.74, 6) is 1.67. The fourth-order valence-electron chi connectivity index (χ4n) is 3.18. The van der Waals surface area contributed by atoms with E-state index in [-0.39, 0.29) is 0 Å². The molecule has 0 aliphatic heterocycles. The van der Waals surface area contributed by atoms with E-state index in [1.54, 1.807) is 0 Å². The molecule has 0 atom stereocenters. The minimum absolute atomic E-state index is 0.357. The summed E-state index contributed by atoms with van der Waals surface area (Å²) < 4.78 is 5.74. The molecule has 0 amide bonds. The number of rotatable bonds is 7. The molecule has 1 saturated carbocycles. The van der Waals surface area contributed by atoms with E-state index in [4.69, 9.17) is 16.3 Å². The highest BCUT2D eigenvalue weighted by Gasteiger charge is 2.37. The Balaban J connectivity index is 2.34. The molecule has 1 fully saturated rings. The van der Waals surface area contributed by atoms with Crippen molar-refractivity contribution >= 4 is 11.6 Å². The van der Waals surface area contributed by atoms with Gasteiger partial charge in [0.05, 0.1) is 0 Å². The first-order valence-electron chi connectivity index (χ1n) is 8.07. The summed E-state index contributed by atoms with van der Waals surface area (Å²) in [6.45, 7) is 11.1. The summed E-state index contributed by atoms with van der Waals surface area (Å²) in [4.78, 5) is 0. The number of hydrogen-bond acceptors (Lipinski definition) is 1. The molecule has 1 aliphatic rings. The van der Waals surface area contributed by atoms with Crippen molar-refractivity contribution in [2.75, 3.05) is 19.1 Å². The zero-order chi connectivity index (χ0) is 14.4. The molecule has 0 N–H and O–H groups in total. The average Bonchev–Trinajstić information content (AvgIpc) is 2.38. The molecule has 0 heterocycles. The third-order valence-electron chi connectivity index (χ3n) is 4.97. The van der Waals surface area contributed by atoms with Crippen molar-refractivity contribution < 1.29 is 4.74 Å². The second-order valence-electron chi connectivity index (χ2n) is 7.49. The molecule has 114 valence electrons. The van der Waals surface area contributed by atoms with E-state index in [1.165, 1.54) is 38.5 Å².